The number of phenolic OH excluding ortho intramolecular Hbond substituents is 1. The molecule has 7 heteroatoms. The molecule has 32 heavy (non-hydrogen) atoms. The molecule has 0 aromatic heterocycles. The number of rotatable bonds is 6. The highest BCUT2D eigenvalue weighted by molar-refractivity contribution is 9.10. The zero-order valence-corrected chi connectivity index (χ0v) is 18.3. The van der Waals surface area contributed by atoms with Gasteiger partial charge in [0.15, 0.2) is 0 Å². The van der Waals surface area contributed by atoms with Crippen molar-refractivity contribution in [3.63, 3.8) is 0 Å². The maximum absolute atomic E-state index is 13.4. The van der Waals surface area contributed by atoms with Crippen molar-refractivity contribution in [1.29, 1.82) is 0 Å². The third-order valence-corrected chi connectivity index (χ3v) is 5.23. The summed E-state index contributed by atoms with van der Waals surface area (Å²) in [6.07, 6.45) is 1.45. The minimum Gasteiger partial charge on any atom is -0.507 e. The SMILES string of the molecule is O=C(NN=Cc1cc(Br)ccc1OCc1cccc(F)c1)c1cc2ccccc2cc1O. The van der Waals surface area contributed by atoms with E-state index in [9.17, 15) is 14.3 Å². The molecule has 0 saturated heterocycles. The first kappa shape index (κ1) is 21.5. The second-order valence-corrected chi connectivity index (χ2v) is 7.93. The number of ether oxygens (including phenoxy) is 1. The summed E-state index contributed by atoms with van der Waals surface area (Å²) >= 11 is 3.40. The van der Waals surface area contributed by atoms with Crippen LogP contribution >= 0.6 is 15.9 Å². The standard InChI is InChI=1S/C25H18BrFN2O3/c26-20-8-9-24(32-15-16-4-3-7-21(27)10-16)19(11-20)14-28-29-25(31)22-12-17-5-1-2-6-18(17)13-23(22)30/h1-14,30H,15H2,(H,29,31). The number of fused-ring (bicyclic) bond motifs is 1. The lowest BCUT2D eigenvalue weighted by molar-refractivity contribution is 0.0952. The molecule has 4 rings (SSSR count). The molecule has 1 amide bonds. The Morgan fingerprint density at radius 2 is 1.81 bits per heavy atom. The molecular weight excluding hydrogens is 475 g/mol. The van der Waals surface area contributed by atoms with Crippen LogP contribution in [0.15, 0.2) is 88.4 Å². The molecule has 0 heterocycles. The molecule has 4 aromatic carbocycles. The van der Waals surface area contributed by atoms with E-state index in [0.29, 0.717) is 16.9 Å². The van der Waals surface area contributed by atoms with E-state index in [1.54, 1.807) is 36.4 Å². The summed E-state index contributed by atoms with van der Waals surface area (Å²) in [4.78, 5) is 12.5. The first-order chi connectivity index (χ1) is 15.5. The van der Waals surface area contributed by atoms with E-state index in [-0.39, 0.29) is 23.7 Å². The second kappa shape index (κ2) is 9.62. The molecular formula is C25H18BrFN2O3. The van der Waals surface area contributed by atoms with Gasteiger partial charge < -0.3 is 9.84 Å². The molecule has 0 saturated carbocycles. The predicted octanol–water partition coefficient (Wildman–Crippen LogP) is 5.79. The Morgan fingerprint density at radius 3 is 2.59 bits per heavy atom. The minimum atomic E-state index is -0.540. The summed E-state index contributed by atoms with van der Waals surface area (Å²) in [5, 5.41) is 15.9. The Morgan fingerprint density at radius 1 is 1.03 bits per heavy atom. The number of carbonyl (C=O) groups excluding carboxylic acids is 1. The lowest BCUT2D eigenvalue weighted by Gasteiger charge is -2.10. The topological polar surface area (TPSA) is 70.9 Å². The van der Waals surface area contributed by atoms with Crippen LogP contribution in [0.25, 0.3) is 10.8 Å². The summed E-state index contributed by atoms with van der Waals surface area (Å²) in [6, 6.07) is 22.1. The fourth-order valence-electron chi connectivity index (χ4n) is 3.17. The van der Waals surface area contributed by atoms with E-state index in [1.807, 2.05) is 30.3 Å². The number of aromatic hydroxyl groups is 1. The van der Waals surface area contributed by atoms with Crippen LogP contribution in [0.1, 0.15) is 21.5 Å². The number of benzene rings is 4. The van der Waals surface area contributed by atoms with Crippen molar-refractivity contribution in [1.82, 2.24) is 5.43 Å². The van der Waals surface area contributed by atoms with Crippen LogP contribution < -0.4 is 10.2 Å². The largest absolute Gasteiger partial charge is 0.507 e. The van der Waals surface area contributed by atoms with E-state index in [4.69, 9.17) is 4.74 Å². The first-order valence-electron chi connectivity index (χ1n) is 9.71. The summed E-state index contributed by atoms with van der Waals surface area (Å²) in [5.41, 5.74) is 3.85. The fraction of sp³-hybridized carbons (Fsp3) is 0.0400. The second-order valence-electron chi connectivity index (χ2n) is 7.02. The van der Waals surface area contributed by atoms with E-state index >= 15 is 0 Å². The van der Waals surface area contributed by atoms with Crippen LogP contribution in [0.5, 0.6) is 11.5 Å². The molecule has 5 nitrogen and oxygen atoms in total. The molecule has 0 bridgehead atoms. The number of amides is 1. The molecule has 0 spiro atoms. The number of hydrazone groups is 1. The molecule has 160 valence electrons. The monoisotopic (exact) mass is 492 g/mol. The highest BCUT2D eigenvalue weighted by Gasteiger charge is 2.12. The zero-order valence-electron chi connectivity index (χ0n) is 16.8. The Balaban J connectivity index is 1.49. The number of nitrogens with one attached hydrogen (secondary N) is 1. The maximum atomic E-state index is 13.4. The molecule has 0 aliphatic heterocycles. The number of carbonyl (C=O) groups is 1. The molecule has 0 atom stereocenters. The van der Waals surface area contributed by atoms with Gasteiger partial charge in [-0.05, 0) is 58.8 Å². The van der Waals surface area contributed by atoms with Gasteiger partial charge >= 0.3 is 0 Å². The molecule has 0 aliphatic carbocycles. The van der Waals surface area contributed by atoms with Gasteiger partial charge in [-0.15, -0.1) is 0 Å². The van der Waals surface area contributed by atoms with Gasteiger partial charge in [-0.3, -0.25) is 4.79 Å². The van der Waals surface area contributed by atoms with Gasteiger partial charge in [0.05, 0.1) is 11.8 Å². The molecule has 0 aliphatic rings. The van der Waals surface area contributed by atoms with Crippen molar-refractivity contribution in [2.24, 2.45) is 5.10 Å². The summed E-state index contributed by atoms with van der Waals surface area (Å²) in [5.74, 6) is -0.480. The van der Waals surface area contributed by atoms with Gasteiger partial charge in [-0.2, -0.15) is 5.10 Å². The Labute approximate surface area is 192 Å². The van der Waals surface area contributed by atoms with Gasteiger partial charge in [0.1, 0.15) is 23.9 Å². The quantitative estimate of drug-likeness (QED) is 0.264. The summed E-state index contributed by atoms with van der Waals surface area (Å²) < 4.78 is 20.0. The highest BCUT2D eigenvalue weighted by atomic mass is 79.9. The third-order valence-electron chi connectivity index (χ3n) is 4.73. The lowest BCUT2D eigenvalue weighted by atomic mass is 10.1. The van der Waals surface area contributed by atoms with E-state index in [0.717, 1.165) is 15.2 Å². The van der Waals surface area contributed by atoms with Crippen LogP contribution in [0.3, 0.4) is 0 Å². The Bertz CT molecular complexity index is 1320. The number of hydrogen-bond acceptors (Lipinski definition) is 4. The molecule has 0 radical (unpaired) electrons. The van der Waals surface area contributed by atoms with Crippen molar-refractivity contribution in [2.45, 2.75) is 6.61 Å². The van der Waals surface area contributed by atoms with Crippen molar-refractivity contribution >= 4 is 38.8 Å². The van der Waals surface area contributed by atoms with Crippen LogP contribution in [-0.4, -0.2) is 17.2 Å². The zero-order chi connectivity index (χ0) is 22.5. The van der Waals surface area contributed by atoms with Crippen LogP contribution in [0, 0.1) is 5.82 Å². The maximum Gasteiger partial charge on any atom is 0.275 e. The number of halogens is 2. The van der Waals surface area contributed by atoms with Gasteiger partial charge in [0.25, 0.3) is 5.91 Å². The normalized spacial score (nSPS) is 11.1. The van der Waals surface area contributed by atoms with Crippen molar-refractivity contribution in [3.05, 3.63) is 106 Å². The van der Waals surface area contributed by atoms with E-state index in [2.05, 4.69) is 26.5 Å². The smallest absolute Gasteiger partial charge is 0.275 e. The Kier molecular flexibility index (Phi) is 6.47. The van der Waals surface area contributed by atoms with Gasteiger partial charge in [-0.25, -0.2) is 9.82 Å². The molecule has 2 N–H and O–H groups in total. The number of phenols is 1. The van der Waals surface area contributed by atoms with Gasteiger partial charge in [0, 0.05) is 10.0 Å². The summed E-state index contributed by atoms with van der Waals surface area (Å²) in [7, 11) is 0. The van der Waals surface area contributed by atoms with Gasteiger partial charge in [0.2, 0.25) is 0 Å². The molecule has 4 aromatic rings. The minimum absolute atomic E-state index is 0.123. The van der Waals surface area contributed by atoms with Gasteiger partial charge in [-0.1, -0.05) is 52.3 Å². The number of nitrogens with zero attached hydrogens (tertiary/aromatic N) is 1. The third kappa shape index (κ3) is 5.12. The van der Waals surface area contributed by atoms with Crippen molar-refractivity contribution in [2.75, 3.05) is 0 Å². The van der Waals surface area contributed by atoms with Crippen LogP contribution in [-0.2, 0) is 6.61 Å². The first-order valence-corrected chi connectivity index (χ1v) is 10.5. The average Bonchev–Trinajstić information content (AvgIpc) is 2.78. The lowest BCUT2D eigenvalue weighted by Crippen LogP contribution is -2.17. The summed E-state index contributed by atoms with van der Waals surface area (Å²) in [6.45, 7) is 0.178. The predicted molar refractivity (Wildman–Crippen MR) is 126 cm³/mol. The Hall–Kier alpha value is -3.71. The fourth-order valence-corrected chi connectivity index (χ4v) is 3.55. The van der Waals surface area contributed by atoms with E-state index < -0.39 is 5.91 Å². The average molecular weight is 493 g/mol. The van der Waals surface area contributed by atoms with E-state index in [1.165, 1.54) is 18.3 Å². The highest BCUT2D eigenvalue weighted by Crippen LogP contribution is 2.25. The van der Waals surface area contributed by atoms with Crippen LogP contribution in [0.2, 0.25) is 0 Å². The number of hydrogen-bond donors (Lipinski definition) is 2. The van der Waals surface area contributed by atoms with Crippen molar-refractivity contribution in [3.8, 4) is 11.5 Å². The molecule has 0 unspecified atom stereocenters. The molecule has 0 fully saturated rings. The van der Waals surface area contributed by atoms with Crippen LogP contribution in [0.4, 0.5) is 4.39 Å². The van der Waals surface area contributed by atoms with Crippen molar-refractivity contribution < 1.29 is 19.0 Å².